The van der Waals surface area contributed by atoms with E-state index < -0.39 is 0 Å². The number of aromatic nitrogens is 2. The minimum atomic E-state index is 0.0101. The van der Waals surface area contributed by atoms with Crippen molar-refractivity contribution in [3.05, 3.63) is 53.2 Å². The van der Waals surface area contributed by atoms with Gasteiger partial charge in [0, 0.05) is 0 Å². The van der Waals surface area contributed by atoms with Crippen LogP contribution in [0.25, 0.3) is 23.2 Å². The zero-order valence-corrected chi connectivity index (χ0v) is 12.6. The maximum Gasteiger partial charge on any atom is 0.138 e. The number of anilines is 1. The van der Waals surface area contributed by atoms with Gasteiger partial charge >= 0.3 is 0 Å². The van der Waals surface area contributed by atoms with E-state index in [-0.39, 0.29) is 17.1 Å². The number of rotatable bonds is 1. The summed E-state index contributed by atoms with van der Waals surface area (Å²) in [4.78, 5) is 13.5. The Morgan fingerprint density at radius 2 is 1.62 bits per heavy atom. The van der Waals surface area contributed by atoms with E-state index in [0.717, 1.165) is 11.0 Å². The van der Waals surface area contributed by atoms with Gasteiger partial charge in [-0.15, -0.1) is 0 Å². The molecule has 1 aliphatic rings. The summed E-state index contributed by atoms with van der Waals surface area (Å²) in [6.45, 7) is 0. The number of hydrogen-bond acceptors (Lipinski definition) is 6. The summed E-state index contributed by atoms with van der Waals surface area (Å²) in [5.41, 5.74) is 8.80. The van der Waals surface area contributed by atoms with Crippen molar-refractivity contribution >= 4 is 46.0 Å². The van der Waals surface area contributed by atoms with Crippen molar-refractivity contribution in [1.29, 1.82) is 5.41 Å². The molecule has 0 aliphatic heterocycles. The molecule has 24 heavy (non-hydrogen) atoms. The largest absolute Gasteiger partial charge is 0.506 e. The molecule has 0 radical (unpaired) electrons. The summed E-state index contributed by atoms with van der Waals surface area (Å²) in [7, 11) is 0. The van der Waals surface area contributed by atoms with Crippen LogP contribution < -0.4 is 16.4 Å². The second-order valence-corrected chi connectivity index (χ2v) is 5.43. The molecule has 2 aromatic carbocycles. The van der Waals surface area contributed by atoms with Crippen molar-refractivity contribution in [3.63, 3.8) is 0 Å². The number of nitrogens with zero attached hydrogens (tertiary/aromatic N) is 3. The number of nitrogens with two attached hydrogens (primary N) is 1. The molecular formula is C18H13N5O. The minimum Gasteiger partial charge on any atom is -0.506 e. The van der Waals surface area contributed by atoms with Crippen molar-refractivity contribution in [3.8, 4) is 5.75 Å². The van der Waals surface area contributed by atoms with Crippen LogP contribution in [0.3, 0.4) is 0 Å². The molecule has 1 aromatic heterocycles. The number of nitrogen functional groups attached to an aromatic ring is 1. The van der Waals surface area contributed by atoms with Gasteiger partial charge in [-0.1, -0.05) is 12.1 Å². The zero-order chi connectivity index (χ0) is 16.7. The lowest BCUT2D eigenvalue weighted by Gasteiger charge is -2.07. The molecule has 0 saturated heterocycles. The lowest BCUT2D eigenvalue weighted by molar-refractivity contribution is 0.478. The van der Waals surface area contributed by atoms with Gasteiger partial charge in [0.1, 0.15) is 5.75 Å². The van der Waals surface area contributed by atoms with Gasteiger partial charge in [-0.25, -0.2) is 15.0 Å². The molecule has 3 aromatic rings. The van der Waals surface area contributed by atoms with Crippen molar-refractivity contribution in [2.24, 2.45) is 4.99 Å². The van der Waals surface area contributed by atoms with Gasteiger partial charge in [0.15, 0.2) is 0 Å². The van der Waals surface area contributed by atoms with Gasteiger partial charge in [0.05, 0.1) is 44.5 Å². The zero-order valence-electron chi connectivity index (χ0n) is 12.6. The number of aromatic hydroxyl groups is 1. The van der Waals surface area contributed by atoms with Gasteiger partial charge in [-0.2, -0.15) is 0 Å². The predicted octanol–water partition coefficient (Wildman–Crippen LogP) is 1.28. The van der Waals surface area contributed by atoms with E-state index in [9.17, 15) is 5.11 Å². The molecule has 1 heterocycles. The Morgan fingerprint density at radius 1 is 0.958 bits per heavy atom. The smallest absolute Gasteiger partial charge is 0.138 e. The average Bonchev–Trinajstić information content (AvgIpc) is 2.57. The van der Waals surface area contributed by atoms with Crippen LogP contribution in [-0.2, 0) is 0 Å². The fraction of sp³-hybridized carbons (Fsp3) is 0. The molecular weight excluding hydrogens is 302 g/mol. The van der Waals surface area contributed by atoms with Crippen molar-refractivity contribution < 1.29 is 5.11 Å². The number of phenolic OH excluding ortho intramolecular Hbond substituents is 1. The van der Waals surface area contributed by atoms with Gasteiger partial charge < -0.3 is 10.8 Å². The van der Waals surface area contributed by atoms with Crippen LogP contribution in [-0.4, -0.2) is 26.5 Å². The summed E-state index contributed by atoms with van der Waals surface area (Å²) >= 11 is 0. The topological polar surface area (TPSA) is 108 Å². The Labute approximate surface area is 136 Å². The van der Waals surface area contributed by atoms with Crippen LogP contribution in [0.4, 0.5) is 11.4 Å². The summed E-state index contributed by atoms with van der Waals surface area (Å²) in [5.74, 6) is 0.0101. The quantitative estimate of drug-likeness (QED) is 0.464. The highest BCUT2D eigenvalue weighted by atomic mass is 16.3. The van der Waals surface area contributed by atoms with Crippen molar-refractivity contribution in [2.75, 3.05) is 5.73 Å². The molecule has 4 rings (SSSR count). The maximum absolute atomic E-state index is 9.48. The first kappa shape index (κ1) is 14.1. The van der Waals surface area contributed by atoms with Crippen LogP contribution >= 0.6 is 0 Å². The number of fused-ring (bicyclic) bond motifs is 2. The van der Waals surface area contributed by atoms with Crippen LogP contribution in [0, 0.1) is 5.41 Å². The summed E-state index contributed by atoms with van der Waals surface area (Å²) in [5, 5.41) is 19.0. The lowest BCUT2D eigenvalue weighted by Crippen LogP contribution is -2.38. The minimum absolute atomic E-state index is 0.0101. The highest BCUT2D eigenvalue weighted by Crippen LogP contribution is 2.25. The van der Waals surface area contributed by atoms with Gasteiger partial charge in [-0.05, 0) is 42.5 Å². The molecule has 0 spiro atoms. The summed E-state index contributed by atoms with van der Waals surface area (Å²) in [6.07, 6.45) is 3.39. The van der Waals surface area contributed by atoms with E-state index in [0.29, 0.717) is 22.1 Å². The third-order valence-corrected chi connectivity index (χ3v) is 3.72. The SMILES string of the molecule is N=C1C=c2nc3ccccc3nc2=CC1=Nc1ccc(O)c(N)c1. The van der Waals surface area contributed by atoms with Crippen molar-refractivity contribution in [2.45, 2.75) is 0 Å². The van der Waals surface area contributed by atoms with Crippen LogP contribution in [0.5, 0.6) is 5.75 Å². The molecule has 4 N–H and O–H groups in total. The predicted molar refractivity (Wildman–Crippen MR) is 95.1 cm³/mol. The van der Waals surface area contributed by atoms with E-state index >= 15 is 0 Å². The fourth-order valence-electron chi connectivity index (χ4n) is 2.50. The first-order valence-corrected chi connectivity index (χ1v) is 7.32. The van der Waals surface area contributed by atoms with Gasteiger partial charge in [-0.3, -0.25) is 5.41 Å². The molecule has 116 valence electrons. The van der Waals surface area contributed by atoms with E-state index in [1.54, 1.807) is 24.3 Å². The number of phenols is 1. The second-order valence-electron chi connectivity index (χ2n) is 5.43. The third kappa shape index (κ3) is 2.40. The van der Waals surface area contributed by atoms with Crippen LogP contribution in [0.2, 0.25) is 0 Å². The molecule has 1 aliphatic carbocycles. The Morgan fingerprint density at radius 3 is 2.29 bits per heavy atom. The van der Waals surface area contributed by atoms with Gasteiger partial charge in [0.25, 0.3) is 0 Å². The monoisotopic (exact) mass is 315 g/mol. The average molecular weight is 315 g/mol. The van der Waals surface area contributed by atoms with E-state index in [2.05, 4.69) is 15.0 Å². The van der Waals surface area contributed by atoms with Crippen molar-refractivity contribution in [1.82, 2.24) is 9.97 Å². The summed E-state index contributed by atoms with van der Waals surface area (Å²) in [6, 6.07) is 12.3. The number of aliphatic imine (C=N–C) groups is 1. The number of para-hydroxylation sites is 2. The Bertz CT molecular complexity index is 1150. The van der Waals surface area contributed by atoms with E-state index in [1.165, 1.54) is 6.07 Å². The normalized spacial score (nSPS) is 15.0. The molecule has 0 bridgehead atoms. The Hall–Kier alpha value is -3.54. The highest BCUT2D eigenvalue weighted by Gasteiger charge is 2.10. The molecule has 6 nitrogen and oxygen atoms in total. The fourth-order valence-corrected chi connectivity index (χ4v) is 2.50. The Kier molecular flexibility index (Phi) is 3.09. The standard InChI is InChI=1S/C18H13N5O/c19-11-8-16-17(23-14-4-2-1-3-13(14)22-16)9-15(11)21-10-5-6-18(24)12(20)7-10/h1-9,19,24H,20H2. The van der Waals surface area contributed by atoms with Gasteiger partial charge in [0.2, 0.25) is 0 Å². The van der Waals surface area contributed by atoms with Crippen LogP contribution in [0.1, 0.15) is 0 Å². The number of nitrogens with one attached hydrogen (secondary N) is 1. The highest BCUT2D eigenvalue weighted by molar-refractivity contribution is 6.61. The number of benzene rings is 2. The number of hydrogen-bond donors (Lipinski definition) is 3. The molecule has 0 fully saturated rings. The summed E-state index contributed by atoms with van der Waals surface area (Å²) < 4.78 is 0. The molecule has 0 amide bonds. The second kappa shape index (κ2) is 5.27. The maximum atomic E-state index is 9.48. The Balaban J connectivity index is 1.89. The first-order chi connectivity index (χ1) is 11.6. The lowest BCUT2D eigenvalue weighted by atomic mass is 10.1. The van der Waals surface area contributed by atoms with Crippen LogP contribution in [0.15, 0.2) is 47.5 Å². The molecule has 0 saturated carbocycles. The third-order valence-electron chi connectivity index (χ3n) is 3.72. The molecule has 0 atom stereocenters. The van der Waals surface area contributed by atoms with E-state index in [4.69, 9.17) is 11.1 Å². The molecule has 0 unspecified atom stereocenters. The van der Waals surface area contributed by atoms with E-state index in [1.807, 2.05) is 24.3 Å². The first-order valence-electron chi connectivity index (χ1n) is 7.32. The molecule has 6 heteroatoms.